The van der Waals surface area contributed by atoms with E-state index in [2.05, 4.69) is 59.0 Å². The fourth-order valence-corrected chi connectivity index (χ4v) is 4.38. The fraction of sp³-hybridized carbons (Fsp3) is 0.304. The molecule has 0 radical (unpaired) electrons. The van der Waals surface area contributed by atoms with Gasteiger partial charge in [0, 0.05) is 29.8 Å². The number of nitrogens with zero attached hydrogens (tertiary/aromatic N) is 3. The molecule has 1 N–H and O–H groups in total. The summed E-state index contributed by atoms with van der Waals surface area (Å²) < 4.78 is 7.54. The topological polar surface area (TPSA) is 42.3 Å². The molecule has 0 amide bonds. The average molecular weight is 441 g/mol. The van der Waals surface area contributed by atoms with Crippen molar-refractivity contribution in [1.29, 1.82) is 0 Å². The van der Waals surface area contributed by atoms with E-state index in [9.17, 15) is 0 Å². The molecule has 0 spiro atoms. The van der Waals surface area contributed by atoms with Gasteiger partial charge < -0.3 is 19.5 Å². The Bertz CT molecular complexity index is 1060. The number of ether oxygens (including phenoxy) is 1. The minimum atomic E-state index is -0.0876. The molecule has 1 aliphatic heterocycles. The molecule has 30 heavy (non-hydrogen) atoms. The third-order valence-electron chi connectivity index (χ3n) is 5.34. The van der Waals surface area contributed by atoms with Gasteiger partial charge in [0.15, 0.2) is 5.11 Å². The number of halogens is 1. The van der Waals surface area contributed by atoms with Crippen LogP contribution in [0.25, 0.3) is 0 Å². The van der Waals surface area contributed by atoms with Crippen molar-refractivity contribution < 1.29 is 4.74 Å². The third-order valence-corrected chi connectivity index (χ3v) is 5.95. The van der Waals surface area contributed by atoms with Crippen LogP contribution < -0.4 is 15.0 Å². The lowest BCUT2D eigenvalue weighted by molar-refractivity contribution is 0.397. The zero-order chi connectivity index (χ0) is 21.5. The second-order valence-electron chi connectivity index (χ2n) is 8.34. The molecule has 3 aromatic rings. The second kappa shape index (κ2) is 7.93. The van der Waals surface area contributed by atoms with E-state index < -0.39 is 0 Å². The van der Waals surface area contributed by atoms with E-state index in [4.69, 9.17) is 28.6 Å². The molecular formula is C23H25ClN4OS. The number of benzene rings is 1. The summed E-state index contributed by atoms with van der Waals surface area (Å²) in [6, 6.07) is 13.7. The first kappa shape index (κ1) is 20.7. The van der Waals surface area contributed by atoms with Crippen LogP contribution in [0.1, 0.15) is 44.1 Å². The van der Waals surface area contributed by atoms with Crippen LogP contribution in [0.4, 0.5) is 5.69 Å². The van der Waals surface area contributed by atoms with Crippen molar-refractivity contribution in [2.24, 2.45) is 0 Å². The zero-order valence-corrected chi connectivity index (χ0v) is 19.0. The number of thiocarbonyl (C=S) groups is 1. The summed E-state index contributed by atoms with van der Waals surface area (Å²) in [7, 11) is 1.61. The van der Waals surface area contributed by atoms with Gasteiger partial charge in [-0.1, -0.05) is 17.7 Å². The molecular weight excluding hydrogens is 416 g/mol. The zero-order valence-electron chi connectivity index (χ0n) is 17.5. The maximum atomic E-state index is 6.43. The molecule has 1 aliphatic rings. The Morgan fingerprint density at radius 3 is 2.57 bits per heavy atom. The summed E-state index contributed by atoms with van der Waals surface area (Å²) in [6.45, 7) is 6.56. The van der Waals surface area contributed by atoms with Crippen LogP contribution in [-0.4, -0.2) is 21.8 Å². The van der Waals surface area contributed by atoms with Crippen molar-refractivity contribution >= 4 is 34.6 Å². The van der Waals surface area contributed by atoms with Crippen LogP contribution in [0.5, 0.6) is 5.75 Å². The molecule has 1 aromatic carbocycles. The minimum absolute atomic E-state index is 0.0143. The van der Waals surface area contributed by atoms with Crippen molar-refractivity contribution in [1.82, 2.24) is 14.9 Å². The molecule has 0 unspecified atom stereocenters. The molecule has 5 nitrogen and oxygen atoms in total. The minimum Gasteiger partial charge on any atom is -0.495 e. The van der Waals surface area contributed by atoms with Gasteiger partial charge in [0.1, 0.15) is 5.75 Å². The first-order chi connectivity index (χ1) is 14.3. The Morgan fingerprint density at radius 1 is 1.17 bits per heavy atom. The summed E-state index contributed by atoms with van der Waals surface area (Å²) in [5.41, 5.74) is 2.99. The standard InChI is InChI=1S/C23H25ClN4OS/c1-23(2,3)27-12-10-15(14-27)21-20(18-7-5-6-11-25-18)26-22(30)28(21)16-8-9-19(29-4)17(24)13-16/h5-14,20-21H,1-4H3,(H,26,30)/t20-,21+/m1/s1. The highest BCUT2D eigenvalue weighted by molar-refractivity contribution is 7.80. The van der Waals surface area contributed by atoms with Gasteiger partial charge in [-0.3, -0.25) is 4.98 Å². The Hall–Kier alpha value is -2.57. The highest BCUT2D eigenvalue weighted by Gasteiger charge is 2.41. The smallest absolute Gasteiger partial charge is 0.174 e. The SMILES string of the molecule is COc1ccc(N2C(=S)N[C@H](c3ccccn3)[C@@H]2c2ccn(C(C)(C)C)c2)cc1Cl. The average Bonchev–Trinajstić information content (AvgIpc) is 3.33. The molecule has 1 saturated heterocycles. The van der Waals surface area contributed by atoms with Gasteiger partial charge in [0.2, 0.25) is 0 Å². The van der Waals surface area contributed by atoms with E-state index in [0.29, 0.717) is 15.9 Å². The molecule has 1 fully saturated rings. The summed E-state index contributed by atoms with van der Waals surface area (Å²) in [5, 5.41) is 4.66. The summed E-state index contributed by atoms with van der Waals surface area (Å²) in [5.74, 6) is 0.634. The summed E-state index contributed by atoms with van der Waals surface area (Å²) >= 11 is 12.2. The second-order valence-corrected chi connectivity index (χ2v) is 9.13. The number of rotatable bonds is 4. The Kier molecular flexibility index (Phi) is 5.47. The lowest BCUT2D eigenvalue weighted by Gasteiger charge is -2.28. The first-order valence-electron chi connectivity index (χ1n) is 9.82. The lowest BCUT2D eigenvalue weighted by atomic mass is 9.98. The van der Waals surface area contributed by atoms with Gasteiger partial charge >= 0.3 is 0 Å². The van der Waals surface area contributed by atoms with E-state index in [1.54, 1.807) is 7.11 Å². The fourth-order valence-electron chi connectivity index (χ4n) is 3.78. The van der Waals surface area contributed by atoms with Gasteiger partial charge in [-0.05, 0) is 75.0 Å². The highest BCUT2D eigenvalue weighted by atomic mass is 35.5. The largest absolute Gasteiger partial charge is 0.495 e. The van der Waals surface area contributed by atoms with E-state index in [0.717, 1.165) is 16.9 Å². The third kappa shape index (κ3) is 3.77. The molecule has 2 aromatic heterocycles. The Morgan fingerprint density at radius 2 is 1.97 bits per heavy atom. The van der Waals surface area contributed by atoms with Crippen molar-refractivity contribution in [2.75, 3.05) is 12.0 Å². The molecule has 156 valence electrons. The molecule has 0 aliphatic carbocycles. The number of nitrogens with one attached hydrogen (secondary N) is 1. The van der Waals surface area contributed by atoms with E-state index >= 15 is 0 Å². The van der Waals surface area contributed by atoms with Gasteiger partial charge in [-0.2, -0.15) is 0 Å². The highest BCUT2D eigenvalue weighted by Crippen LogP contribution is 2.43. The van der Waals surface area contributed by atoms with E-state index in [-0.39, 0.29) is 17.6 Å². The summed E-state index contributed by atoms with van der Waals surface area (Å²) in [6.07, 6.45) is 6.12. The number of hydrogen-bond donors (Lipinski definition) is 1. The predicted molar refractivity (Wildman–Crippen MR) is 125 cm³/mol. The lowest BCUT2D eigenvalue weighted by Crippen LogP contribution is -2.29. The number of pyridine rings is 1. The summed E-state index contributed by atoms with van der Waals surface area (Å²) in [4.78, 5) is 6.71. The van der Waals surface area contributed by atoms with Crippen LogP contribution in [0.15, 0.2) is 61.1 Å². The van der Waals surface area contributed by atoms with Gasteiger partial charge in [0.25, 0.3) is 0 Å². The number of methoxy groups -OCH3 is 1. The van der Waals surface area contributed by atoms with Crippen LogP contribution in [-0.2, 0) is 5.54 Å². The normalized spacial score (nSPS) is 19.1. The van der Waals surface area contributed by atoms with Crippen molar-refractivity contribution in [2.45, 2.75) is 38.4 Å². The van der Waals surface area contributed by atoms with Crippen LogP contribution >= 0.6 is 23.8 Å². The van der Waals surface area contributed by atoms with Crippen LogP contribution in [0, 0.1) is 0 Å². The molecule has 4 rings (SSSR count). The Labute approximate surface area is 187 Å². The maximum absolute atomic E-state index is 6.43. The number of aromatic nitrogens is 2. The maximum Gasteiger partial charge on any atom is 0.174 e. The first-order valence-corrected chi connectivity index (χ1v) is 10.6. The quantitative estimate of drug-likeness (QED) is 0.544. The van der Waals surface area contributed by atoms with Crippen LogP contribution in [0.2, 0.25) is 5.02 Å². The van der Waals surface area contributed by atoms with Crippen LogP contribution in [0.3, 0.4) is 0 Å². The molecule has 7 heteroatoms. The molecule has 0 bridgehead atoms. The van der Waals surface area contributed by atoms with Crippen molar-refractivity contribution in [3.8, 4) is 5.75 Å². The van der Waals surface area contributed by atoms with Gasteiger partial charge in [-0.25, -0.2) is 0 Å². The Balaban J connectivity index is 1.82. The number of hydrogen-bond acceptors (Lipinski definition) is 3. The molecule has 0 saturated carbocycles. The van der Waals surface area contributed by atoms with Crippen molar-refractivity contribution in [3.63, 3.8) is 0 Å². The van der Waals surface area contributed by atoms with Gasteiger partial charge in [-0.15, -0.1) is 0 Å². The molecule has 2 atom stereocenters. The molecule has 3 heterocycles. The van der Waals surface area contributed by atoms with E-state index in [1.165, 1.54) is 0 Å². The number of anilines is 1. The van der Waals surface area contributed by atoms with E-state index in [1.807, 2.05) is 42.6 Å². The van der Waals surface area contributed by atoms with Gasteiger partial charge in [0.05, 0.1) is 29.9 Å². The predicted octanol–water partition coefficient (Wildman–Crippen LogP) is 5.48. The van der Waals surface area contributed by atoms with Crippen molar-refractivity contribution in [3.05, 3.63) is 77.3 Å². The monoisotopic (exact) mass is 440 g/mol.